The number of para-hydroxylation sites is 2. The van der Waals surface area contributed by atoms with Crippen LogP contribution in [0.5, 0.6) is 11.6 Å². The van der Waals surface area contributed by atoms with E-state index < -0.39 is 0 Å². The number of ether oxygens (including phenoxy) is 3. The molecule has 8 heteroatoms. The van der Waals surface area contributed by atoms with E-state index in [0.29, 0.717) is 44.5 Å². The topological polar surface area (TPSA) is 85.8 Å². The normalized spacial score (nSPS) is 13.8. The van der Waals surface area contributed by atoms with Crippen molar-refractivity contribution >= 4 is 22.8 Å². The van der Waals surface area contributed by atoms with E-state index in [1.165, 1.54) is 0 Å². The summed E-state index contributed by atoms with van der Waals surface area (Å²) in [4.78, 5) is 23.7. The first-order chi connectivity index (χ1) is 14.7. The lowest BCUT2D eigenvalue weighted by atomic mass is 10.2. The zero-order valence-electron chi connectivity index (χ0n) is 16.8. The van der Waals surface area contributed by atoms with Gasteiger partial charge in [0.25, 0.3) is 11.8 Å². The third kappa shape index (κ3) is 4.77. The largest absolute Gasteiger partial charge is 0.497 e. The fourth-order valence-corrected chi connectivity index (χ4v) is 3.18. The van der Waals surface area contributed by atoms with Crippen molar-refractivity contribution in [2.24, 2.45) is 0 Å². The Labute approximate surface area is 174 Å². The van der Waals surface area contributed by atoms with E-state index >= 15 is 0 Å². The molecule has 2 aromatic carbocycles. The molecule has 2 heterocycles. The number of anilines is 1. The maximum absolute atomic E-state index is 12.3. The first-order valence-corrected chi connectivity index (χ1v) is 9.85. The number of carbonyl (C=O) groups excluding carboxylic acids is 1. The summed E-state index contributed by atoms with van der Waals surface area (Å²) in [6, 6.07) is 15.1. The number of rotatable bonds is 7. The van der Waals surface area contributed by atoms with Gasteiger partial charge in [0.1, 0.15) is 5.75 Å². The van der Waals surface area contributed by atoms with Crippen molar-refractivity contribution in [3.8, 4) is 11.6 Å². The van der Waals surface area contributed by atoms with Crippen molar-refractivity contribution in [3.63, 3.8) is 0 Å². The van der Waals surface area contributed by atoms with Crippen molar-refractivity contribution in [1.29, 1.82) is 0 Å². The summed E-state index contributed by atoms with van der Waals surface area (Å²) < 4.78 is 16.4. The Kier molecular flexibility index (Phi) is 6.24. The van der Waals surface area contributed by atoms with Crippen LogP contribution in [0.15, 0.2) is 48.5 Å². The van der Waals surface area contributed by atoms with Gasteiger partial charge >= 0.3 is 0 Å². The van der Waals surface area contributed by atoms with Crippen LogP contribution >= 0.6 is 0 Å². The van der Waals surface area contributed by atoms with Gasteiger partial charge in [-0.15, -0.1) is 0 Å². The van der Waals surface area contributed by atoms with Crippen LogP contribution in [0.25, 0.3) is 11.0 Å². The molecule has 1 amide bonds. The number of carbonyl (C=O) groups is 1. The van der Waals surface area contributed by atoms with Crippen LogP contribution in [0.1, 0.15) is 5.56 Å². The van der Waals surface area contributed by atoms with Gasteiger partial charge in [0, 0.05) is 19.6 Å². The first-order valence-electron chi connectivity index (χ1n) is 9.85. The molecular weight excluding hydrogens is 384 g/mol. The molecule has 1 aromatic heterocycles. The van der Waals surface area contributed by atoms with Gasteiger partial charge in [0.05, 0.1) is 31.4 Å². The van der Waals surface area contributed by atoms with Gasteiger partial charge in [-0.3, -0.25) is 4.79 Å². The number of aromatic nitrogens is 2. The number of nitrogens with one attached hydrogen (secondary N) is 1. The molecule has 1 fully saturated rings. The maximum atomic E-state index is 12.3. The molecule has 8 nitrogen and oxygen atoms in total. The van der Waals surface area contributed by atoms with Crippen LogP contribution in [0, 0.1) is 0 Å². The summed E-state index contributed by atoms with van der Waals surface area (Å²) in [6.45, 7) is 2.92. The Morgan fingerprint density at radius 1 is 1.07 bits per heavy atom. The fourth-order valence-electron chi connectivity index (χ4n) is 3.18. The SMILES string of the molecule is COc1ccc(CNC(=O)COc2nc3ccccc3nc2N2CCOCC2)cc1. The molecule has 0 aliphatic carbocycles. The van der Waals surface area contributed by atoms with Crippen molar-refractivity contribution in [1.82, 2.24) is 15.3 Å². The van der Waals surface area contributed by atoms with Gasteiger partial charge in [0.2, 0.25) is 0 Å². The minimum atomic E-state index is -0.228. The lowest BCUT2D eigenvalue weighted by Gasteiger charge is -2.28. The van der Waals surface area contributed by atoms with Gasteiger partial charge in [0.15, 0.2) is 12.4 Å². The number of hydrogen-bond acceptors (Lipinski definition) is 7. The fraction of sp³-hybridized carbons (Fsp3) is 0.318. The Hall–Kier alpha value is -3.39. The standard InChI is InChI=1S/C22H24N4O4/c1-28-17-8-6-16(7-9-17)14-23-20(27)15-30-22-21(26-10-12-29-13-11-26)24-18-4-2-3-5-19(18)25-22/h2-9H,10-15H2,1H3,(H,23,27). The van der Waals surface area contributed by atoms with Gasteiger partial charge in [-0.2, -0.15) is 0 Å². The summed E-state index contributed by atoms with van der Waals surface area (Å²) in [7, 11) is 1.62. The van der Waals surface area contributed by atoms with Gasteiger partial charge < -0.3 is 24.4 Å². The van der Waals surface area contributed by atoms with Crippen LogP contribution < -0.4 is 19.7 Å². The summed E-state index contributed by atoms with van der Waals surface area (Å²) in [5.41, 5.74) is 2.49. The number of nitrogens with zero attached hydrogens (tertiary/aromatic N) is 3. The summed E-state index contributed by atoms with van der Waals surface area (Å²) in [5.74, 6) is 1.54. The highest BCUT2D eigenvalue weighted by Gasteiger charge is 2.20. The number of fused-ring (bicyclic) bond motifs is 1. The second-order valence-electron chi connectivity index (χ2n) is 6.85. The van der Waals surface area contributed by atoms with E-state index in [9.17, 15) is 4.79 Å². The van der Waals surface area contributed by atoms with Crippen LogP contribution in [0.3, 0.4) is 0 Å². The quantitative estimate of drug-likeness (QED) is 0.641. The molecule has 0 radical (unpaired) electrons. The van der Waals surface area contributed by atoms with Crippen LogP contribution in [-0.2, 0) is 16.1 Å². The highest BCUT2D eigenvalue weighted by atomic mass is 16.5. The summed E-state index contributed by atoms with van der Waals surface area (Å²) >= 11 is 0. The predicted octanol–water partition coefficient (Wildman–Crippen LogP) is 2.17. The molecule has 0 spiro atoms. The number of morpholine rings is 1. The van der Waals surface area contributed by atoms with Gasteiger partial charge in [-0.05, 0) is 29.8 Å². The molecule has 1 saturated heterocycles. The number of amides is 1. The number of hydrogen-bond donors (Lipinski definition) is 1. The minimum absolute atomic E-state index is 0.138. The minimum Gasteiger partial charge on any atom is -0.497 e. The molecule has 1 aliphatic heterocycles. The second kappa shape index (κ2) is 9.41. The third-order valence-electron chi connectivity index (χ3n) is 4.82. The van der Waals surface area contributed by atoms with Gasteiger partial charge in [-0.25, -0.2) is 9.97 Å². The molecule has 1 N–H and O–H groups in total. The third-order valence-corrected chi connectivity index (χ3v) is 4.82. The van der Waals surface area contributed by atoms with E-state index in [-0.39, 0.29) is 12.5 Å². The molecule has 3 aromatic rings. The molecule has 0 unspecified atom stereocenters. The predicted molar refractivity (Wildman–Crippen MR) is 113 cm³/mol. The monoisotopic (exact) mass is 408 g/mol. The highest BCUT2D eigenvalue weighted by molar-refractivity contribution is 5.79. The molecule has 0 saturated carbocycles. The van der Waals surface area contributed by atoms with E-state index in [1.807, 2.05) is 48.5 Å². The molecule has 156 valence electrons. The number of benzene rings is 2. The average Bonchev–Trinajstić information content (AvgIpc) is 2.81. The van der Waals surface area contributed by atoms with Crippen molar-refractivity contribution < 1.29 is 19.0 Å². The Balaban J connectivity index is 1.43. The molecule has 4 rings (SSSR count). The molecular formula is C22H24N4O4. The molecule has 1 aliphatic rings. The summed E-state index contributed by atoms with van der Waals surface area (Å²) in [6.07, 6.45) is 0. The first kappa shape index (κ1) is 19.9. The molecule has 30 heavy (non-hydrogen) atoms. The maximum Gasteiger partial charge on any atom is 0.258 e. The van der Waals surface area contributed by atoms with Crippen LogP contribution in [0.2, 0.25) is 0 Å². The van der Waals surface area contributed by atoms with Crippen molar-refractivity contribution in [2.45, 2.75) is 6.54 Å². The molecule has 0 bridgehead atoms. The zero-order valence-corrected chi connectivity index (χ0v) is 16.8. The zero-order chi connectivity index (χ0) is 20.8. The number of methoxy groups -OCH3 is 1. The summed E-state index contributed by atoms with van der Waals surface area (Å²) in [5, 5.41) is 2.86. The Bertz CT molecular complexity index is 1000. The van der Waals surface area contributed by atoms with E-state index in [1.54, 1.807) is 7.11 Å². The van der Waals surface area contributed by atoms with Crippen molar-refractivity contribution in [2.75, 3.05) is 44.9 Å². The van der Waals surface area contributed by atoms with Gasteiger partial charge in [-0.1, -0.05) is 24.3 Å². The molecule has 0 atom stereocenters. The Morgan fingerprint density at radius 2 is 1.77 bits per heavy atom. The highest BCUT2D eigenvalue weighted by Crippen LogP contribution is 2.27. The van der Waals surface area contributed by atoms with E-state index in [2.05, 4.69) is 15.2 Å². The lowest BCUT2D eigenvalue weighted by molar-refractivity contribution is -0.123. The lowest BCUT2D eigenvalue weighted by Crippen LogP contribution is -2.37. The van der Waals surface area contributed by atoms with Crippen LogP contribution in [-0.4, -0.2) is 55.9 Å². The second-order valence-corrected chi connectivity index (χ2v) is 6.85. The van der Waals surface area contributed by atoms with E-state index in [0.717, 1.165) is 22.3 Å². The van der Waals surface area contributed by atoms with Crippen molar-refractivity contribution in [3.05, 3.63) is 54.1 Å². The van der Waals surface area contributed by atoms with E-state index in [4.69, 9.17) is 19.2 Å². The van der Waals surface area contributed by atoms with Crippen LogP contribution in [0.4, 0.5) is 5.82 Å². The average molecular weight is 408 g/mol. The Morgan fingerprint density at radius 3 is 2.47 bits per heavy atom. The smallest absolute Gasteiger partial charge is 0.258 e.